The van der Waals surface area contributed by atoms with Crippen LogP contribution >= 0.6 is 11.6 Å². The molecule has 1 heterocycles. The van der Waals surface area contributed by atoms with Crippen LogP contribution in [0.5, 0.6) is 5.75 Å². The minimum atomic E-state index is -1.10. The van der Waals surface area contributed by atoms with Gasteiger partial charge in [0.1, 0.15) is 5.75 Å². The van der Waals surface area contributed by atoms with Crippen LogP contribution in [-0.4, -0.2) is 66.3 Å². The number of methoxy groups -OCH3 is 1. The molecule has 39 heavy (non-hydrogen) atoms. The monoisotopic (exact) mass is 556 g/mol. The van der Waals surface area contributed by atoms with Crippen LogP contribution in [0.25, 0.3) is 0 Å². The van der Waals surface area contributed by atoms with E-state index in [2.05, 4.69) is 5.10 Å². The van der Waals surface area contributed by atoms with Crippen molar-refractivity contribution in [2.75, 3.05) is 33.5 Å². The Hall–Kier alpha value is -3.59. The standard InChI is InChI=1S/C29H37ClN4O5/c1-5-6-18(19-8-11-24(29(37)38)25(31)15-19)16-27(35)34-17-23(32-33(2)3)10-7-20(28(34)36)13-21-14-22(30)9-12-26(21)39-4/h8-9,11-12,14-15,18,20H,5-7,10,13,16-17,31H2,1-4H3,(H,37,38)/b32-23+/t18-,20?/m0/s1. The highest BCUT2D eigenvalue weighted by Gasteiger charge is 2.35. The van der Waals surface area contributed by atoms with E-state index < -0.39 is 11.9 Å². The number of hydrazone groups is 1. The second kappa shape index (κ2) is 13.5. The van der Waals surface area contributed by atoms with Crippen molar-refractivity contribution in [2.45, 2.75) is 51.4 Å². The lowest BCUT2D eigenvalue weighted by Gasteiger charge is -2.26. The molecule has 2 aromatic rings. The van der Waals surface area contributed by atoms with Gasteiger partial charge in [-0.1, -0.05) is 31.0 Å². The summed E-state index contributed by atoms with van der Waals surface area (Å²) in [4.78, 5) is 40.3. The number of nitrogens with zero attached hydrogens (tertiary/aromatic N) is 3. The molecular weight excluding hydrogens is 520 g/mol. The number of carboxylic acid groups (broad SMARTS) is 1. The maximum Gasteiger partial charge on any atom is 0.337 e. The number of nitrogens with two attached hydrogens (primary N) is 1. The Labute approximate surface area is 234 Å². The van der Waals surface area contributed by atoms with Crippen molar-refractivity contribution in [3.63, 3.8) is 0 Å². The number of likely N-dealkylation sites (tertiary alicyclic amines) is 1. The van der Waals surface area contributed by atoms with Gasteiger partial charge in [-0.25, -0.2) is 4.79 Å². The van der Waals surface area contributed by atoms with Crippen molar-refractivity contribution in [1.29, 1.82) is 0 Å². The first-order chi connectivity index (χ1) is 18.5. The number of halogens is 1. The Bertz CT molecular complexity index is 1250. The van der Waals surface area contributed by atoms with E-state index >= 15 is 0 Å². The lowest BCUT2D eigenvalue weighted by Crippen LogP contribution is -2.42. The average molecular weight is 557 g/mol. The van der Waals surface area contributed by atoms with E-state index in [1.54, 1.807) is 42.5 Å². The van der Waals surface area contributed by atoms with E-state index in [-0.39, 0.29) is 41.9 Å². The van der Waals surface area contributed by atoms with Crippen LogP contribution in [0, 0.1) is 5.92 Å². The molecule has 3 N–H and O–H groups in total. The summed E-state index contributed by atoms with van der Waals surface area (Å²) in [5.41, 5.74) is 8.50. The Morgan fingerprint density at radius 2 is 2.00 bits per heavy atom. The van der Waals surface area contributed by atoms with Crippen molar-refractivity contribution in [3.05, 3.63) is 58.1 Å². The van der Waals surface area contributed by atoms with Crippen LogP contribution in [0.3, 0.4) is 0 Å². The van der Waals surface area contributed by atoms with Gasteiger partial charge in [0.25, 0.3) is 0 Å². The second-order valence-corrected chi connectivity index (χ2v) is 10.5. The molecule has 1 saturated heterocycles. The zero-order valence-corrected chi connectivity index (χ0v) is 23.7. The van der Waals surface area contributed by atoms with Gasteiger partial charge in [0.15, 0.2) is 0 Å². The summed E-state index contributed by atoms with van der Waals surface area (Å²) in [5.74, 6) is -1.68. The number of hydrogen-bond donors (Lipinski definition) is 2. The Morgan fingerprint density at radius 1 is 1.26 bits per heavy atom. The number of carboxylic acids is 1. The fourth-order valence-corrected chi connectivity index (χ4v) is 5.24. The summed E-state index contributed by atoms with van der Waals surface area (Å²) >= 11 is 6.23. The molecule has 2 aromatic carbocycles. The van der Waals surface area contributed by atoms with E-state index in [4.69, 9.17) is 22.1 Å². The van der Waals surface area contributed by atoms with Crippen molar-refractivity contribution in [1.82, 2.24) is 9.91 Å². The molecule has 10 heteroatoms. The summed E-state index contributed by atoms with van der Waals surface area (Å²) in [5, 5.41) is 16.1. The van der Waals surface area contributed by atoms with E-state index in [0.29, 0.717) is 36.5 Å². The topological polar surface area (TPSA) is 126 Å². The number of aromatic carboxylic acids is 1. The number of carbonyl (C=O) groups excluding carboxylic acids is 2. The molecule has 3 rings (SSSR count). The van der Waals surface area contributed by atoms with Crippen LogP contribution < -0.4 is 10.5 Å². The minimum absolute atomic E-state index is 0.0202. The van der Waals surface area contributed by atoms with Gasteiger partial charge in [0.05, 0.1) is 24.9 Å². The SMILES string of the molecule is CCC[C@@H](CC(=O)N1C/C(=N/N(C)C)CCC(Cc2cc(Cl)ccc2OC)C1=O)c1ccc(C(=O)O)c(N)c1. The van der Waals surface area contributed by atoms with Crippen LogP contribution in [-0.2, 0) is 16.0 Å². The van der Waals surface area contributed by atoms with E-state index in [0.717, 1.165) is 23.3 Å². The number of nitrogen functional groups attached to an aromatic ring is 1. The summed E-state index contributed by atoms with van der Waals surface area (Å²) in [6, 6.07) is 10.1. The first-order valence-corrected chi connectivity index (χ1v) is 13.4. The van der Waals surface area contributed by atoms with E-state index in [1.165, 1.54) is 11.0 Å². The number of anilines is 1. The van der Waals surface area contributed by atoms with Crippen molar-refractivity contribution >= 4 is 40.8 Å². The third-order valence-corrected chi connectivity index (χ3v) is 7.16. The van der Waals surface area contributed by atoms with E-state index in [1.807, 2.05) is 21.0 Å². The molecule has 0 radical (unpaired) electrons. The smallest absolute Gasteiger partial charge is 0.337 e. The highest BCUT2D eigenvalue weighted by Crippen LogP contribution is 2.32. The normalized spacial score (nSPS) is 17.6. The third-order valence-electron chi connectivity index (χ3n) is 6.92. The maximum absolute atomic E-state index is 13.8. The Morgan fingerprint density at radius 3 is 2.62 bits per heavy atom. The van der Waals surface area contributed by atoms with Gasteiger partial charge in [-0.05, 0) is 73.1 Å². The fourth-order valence-electron chi connectivity index (χ4n) is 5.05. The molecule has 0 aliphatic carbocycles. The van der Waals surface area contributed by atoms with E-state index in [9.17, 15) is 19.5 Å². The molecule has 0 aromatic heterocycles. The molecule has 1 fully saturated rings. The lowest BCUT2D eigenvalue weighted by molar-refractivity contribution is -0.146. The predicted molar refractivity (Wildman–Crippen MR) is 152 cm³/mol. The molecule has 210 valence electrons. The zero-order chi connectivity index (χ0) is 28.7. The summed E-state index contributed by atoms with van der Waals surface area (Å²) < 4.78 is 5.49. The minimum Gasteiger partial charge on any atom is -0.496 e. The highest BCUT2D eigenvalue weighted by molar-refractivity contribution is 6.30. The van der Waals surface area contributed by atoms with Crippen molar-refractivity contribution in [2.24, 2.45) is 11.0 Å². The van der Waals surface area contributed by atoms with Crippen LogP contribution in [0.1, 0.15) is 66.4 Å². The second-order valence-electron chi connectivity index (χ2n) is 10.1. The number of carbonyl (C=O) groups is 3. The van der Waals surface area contributed by atoms with Crippen molar-refractivity contribution in [3.8, 4) is 5.75 Å². The fraction of sp³-hybridized carbons (Fsp3) is 0.448. The Kier molecular flexibility index (Phi) is 10.3. The molecule has 2 atom stereocenters. The summed E-state index contributed by atoms with van der Waals surface area (Å²) in [6.45, 7) is 2.14. The number of imide groups is 1. The van der Waals surface area contributed by atoms with Gasteiger partial charge in [0.2, 0.25) is 11.8 Å². The first-order valence-electron chi connectivity index (χ1n) is 13.1. The van der Waals surface area contributed by atoms with Crippen LogP contribution in [0.15, 0.2) is 41.5 Å². The summed E-state index contributed by atoms with van der Waals surface area (Å²) in [6.07, 6.45) is 3.07. The lowest BCUT2D eigenvalue weighted by atomic mass is 9.89. The largest absolute Gasteiger partial charge is 0.496 e. The van der Waals surface area contributed by atoms with Gasteiger partial charge in [-0.3, -0.25) is 14.5 Å². The number of amides is 2. The van der Waals surface area contributed by atoms with Crippen LogP contribution in [0.2, 0.25) is 5.02 Å². The molecule has 0 saturated carbocycles. The average Bonchev–Trinajstić information content (AvgIpc) is 3.02. The number of hydrogen-bond acceptors (Lipinski definition) is 7. The van der Waals surface area contributed by atoms with Gasteiger partial charge in [0, 0.05) is 37.1 Å². The summed E-state index contributed by atoms with van der Waals surface area (Å²) in [7, 11) is 5.19. The molecule has 9 nitrogen and oxygen atoms in total. The van der Waals surface area contributed by atoms with Gasteiger partial charge >= 0.3 is 5.97 Å². The predicted octanol–water partition coefficient (Wildman–Crippen LogP) is 4.83. The molecule has 1 aliphatic heterocycles. The highest BCUT2D eigenvalue weighted by atomic mass is 35.5. The molecule has 0 bridgehead atoms. The molecule has 2 amide bonds. The Balaban J connectivity index is 1.91. The first kappa shape index (κ1) is 30.0. The third kappa shape index (κ3) is 7.72. The number of benzene rings is 2. The number of ether oxygens (including phenoxy) is 1. The molecule has 1 aliphatic rings. The van der Waals surface area contributed by atoms with Gasteiger partial charge in [-0.15, -0.1) is 0 Å². The molecular formula is C29H37ClN4O5. The van der Waals surface area contributed by atoms with Crippen LogP contribution in [0.4, 0.5) is 5.69 Å². The molecule has 0 spiro atoms. The number of rotatable bonds is 10. The van der Waals surface area contributed by atoms with Crippen molar-refractivity contribution < 1.29 is 24.2 Å². The maximum atomic E-state index is 13.8. The quantitative estimate of drug-likeness (QED) is 0.317. The molecule has 1 unspecified atom stereocenters. The van der Waals surface area contributed by atoms with Gasteiger partial charge < -0.3 is 20.6 Å². The zero-order valence-electron chi connectivity index (χ0n) is 22.9. The van der Waals surface area contributed by atoms with Gasteiger partial charge in [-0.2, -0.15) is 5.10 Å².